The molecule has 0 radical (unpaired) electrons. The van der Waals surface area contributed by atoms with Gasteiger partial charge in [0.1, 0.15) is 0 Å². The van der Waals surface area contributed by atoms with Gasteiger partial charge < -0.3 is 31.7 Å². The minimum Gasteiger partial charge on any atom is -0.480 e. The van der Waals surface area contributed by atoms with Gasteiger partial charge in [-0.3, -0.25) is 49.4 Å². The molecule has 0 aliphatic heterocycles. The van der Waals surface area contributed by atoms with E-state index < -0.39 is 54.8 Å². The van der Waals surface area contributed by atoms with Crippen molar-refractivity contribution in [1.82, 2.24) is 31.3 Å². The van der Waals surface area contributed by atoms with Crippen LogP contribution in [0.25, 0.3) is 0 Å². The lowest BCUT2D eigenvalue weighted by atomic mass is 10.1. The molecule has 0 bridgehead atoms. The van der Waals surface area contributed by atoms with E-state index in [-0.39, 0.29) is 51.4 Å². The van der Waals surface area contributed by atoms with Crippen LogP contribution in [-0.2, 0) is 36.9 Å². The lowest BCUT2D eigenvalue weighted by Gasteiger charge is -2.25. The summed E-state index contributed by atoms with van der Waals surface area (Å²) < 4.78 is 0. The molecule has 3 amide bonds. The average Bonchev–Trinajstić information content (AvgIpc) is 3.01. The maximum Gasteiger partial charge on any atom is 0.317 e. The molecule has 0 saturated heterocycles. The number of hydrazine groups is 1. The lowest BCUT2D eigenvalue weighted by Crippen LogP contribution is -2.49. The van der Waals surface area contributed by atoms with Crippen LogP contribution in [0.15, 0.2) is 54.6 Å². The number of aryl methyl sites for hydroxylation is 1. The van der Waals surface area contributed by atoms with Gasteiger partial charge in [0.15, 0.2) is 0 Å². The molecule has 0 fully saturated rings. The Bertz CT molecular complexity index is 1310. The van der Waals surface area contributed by atoms with Gasteiger partial charge in [0, 0.05) is 38.3 Å². The molecule has 16 nitrogen and oxygen atoms in total. The zero-order chi connectivity index (χ0) is 33.9. The lowest BCUT2D eigenvalue weighted by molar-refractivity contribution is -0.142. The van der Waals surface area contributed by atoms with Crippen molar-refractivity contribution >= 4 is 35.6 Å². The second-order valence-electron chi connectivity index (χ2n) is 10.4. The van der Waals surface area contributed by atoms with E-state index in [0.29, 0.717) is 18.4 Å². The summed E-state index contributed by atoms with van der Waals surface area (Å²) in [5.41, 5.74) is 12.5. The predicted octanol–water partition coefficient (Wildman–Crippen LogP) is -1.53. The average molecular weight is 644 g/mol. The highest BCUT2D eigenvalue weighted by molar-refractivity contribution is 5.96. The van der Waals surface area contributed by atoms with Crippen LogP contribution in [0.4, 0.5) is 0 Å². The number of benzene rings is 2. The number of aliphatic carboxylic acids is 3. The highest BCUT2D eigenvalue weighted by atomic mass is 16.4. The molecular formula is C30H41N7O9. The molecule has 0 spiro atoms. The SMILES string of the molecule is N[C@H](CCc1ccccc1)C(=O)NNC(=O)c1cccc(CNC(=O)CN(CCNCC(=O)O)CCN(CC(=O)O)CC(=O)O)c1. The van der Waals surface area contributed by atoms with Crippen molar-refractivity contribution in [3.05, 3.63) is 71.3 Å². The minimum atomic E-state index is -1.20. The van der Waals surface area contributed by atoms with E-state index in [4.69, 9.17) is 21.1 Å². The van der Waals surface area contributed by atoms with Crippen molar-refractivity contribution in [3.8, 4) is 0 Å². The van der Waals surface area contributed by atoms with Crippen LogP contribution >= 0.6 is 0 Å². The van der Waals surface area contributed by atoms with Crippen LogP contribution in [-0.4, -0.2) is 119 Å². The normalized spacial score (nSPS) is 11.5. The fourth-order valence-electron chi connectivity index (χ4n) is 4.25. The van der Waals surface area contributed by atoms with Crippen molar-refractivity contribution in [2.75, 3.05) is 52.4 Å². The monoisotopic (exact) mass is 643 g/mol. The summed E-state index contributed by atoms with van der Waals surface area (Å²) >= 11 is 0. The van der Waals surface area contributed by atoms with E-state index in [9.17, 15) is 28.8 Å². The van der Waals surface area contributed by atoms with E-state index >= 15 is 0 Å². The van der Waals surface area contributed by atoms with E-state index in [1.807, 2.05) is 30.3 Å². The highest BCUT2D eigenvalue weighted by Crippen LogP contribution is 2.06. The molecule has 2 aromatic rings. The Morgan fingerprint density at radius 2 is 1.39 bits per heavy atom. The first-order valence-electron chi connectivity index (χ1n) is 14.5. The molecule has 0 aliphatic rings. The van der Waals surface area contributed by atoms with Crippen LogP contribution in [0, 0.1) is 0 Å². The summed E-state index contributed by atoms with van der Waals surface area (Å²) in [4.78, 5) is 73.6. The standard InChI is InChI=1S/C30H41N7O9/c31-24(10-9-21-5-2-1-3-6-21)30(46)35-34-29(45)23-8-4-7-22(15-23)16-33-25(38)18-36(12-11-32-17-26(39)40)13-14-37(19-27(41)42)20-28(43)44/h1-8,15,24,32H,9-14,16-20,31H2,(H,33,38)(H,34,45)(H,35,46)(H,39,40)(H,41,42)(H,43,44)/t24-/m1/s1. The smallest absolute Gasteiger partial charge is 0.317 e. The number of nitrogens with two attached hydrogens (primary N) is 1. The molecule has 0 saturated carbocycles. The zero-order valence-corrected chi connectivity index (χ0v) is 25.3. The third-order valence-electron chi connectivity index (χ3n) is 6.60. The molecule has 16 heteroatoms. The van der Waals surface area contributed by atoms with Crippen molar-refractivity contribution < 1.29 is 44.1 Å². The topological polar surface area (TPSA) is 244 Å². The van der Waals surface area contributed by atoms with E-state index in [0.717, 1.165) is 5.56 Å². The fourth-order valence-corrected chi connectivity index (χ4v) is 4.25. The van der Waals surface area contributed by atoms with E-state index in [2.05, 4.69) is 21.5 Å². The number of hydrogen-bond acceptors (Lipinski definition) is 10. The first kappa shape index (κ1) is 37.3. The van der Waals surface area contributed by atoms with Gasteiger partial charge in [-0.25, -0.2) is 0 Å². The second kappa shape index (κ2) is 20.2. The Balaban J connectivity index is 1.88. The Labute approximate surface area is 265 Å². The Morgan fingerprint density at radius 1 is 0.739 bits per heavy atom. The number of carbonyl (C=O) groups is 6. The van der Waals surface area contributed by atoms with E-state index in [1.54, 1.807) is 23.1 Å². The summed E-state index contributed by atoms with van der Waals surface area (Å²) in [5.74, 6) is -4.98. The van der Waals surface area contributed by atoms with Crippen molar-refractivity contribution in [2.45, 2.75) is 25.4 Å². The molecule has 250 valence electrons. The van der Waals surface area contributed by atoms with Gasteiger partial charge in [-0.1, -0.05) is 42.5 Å². The maximum atomic E-state index is 12.8. The Kier molecular flexibility index (Phi) is 16.4. The third-order valence-corrected chi connectivity index (χ3v) is 6.60. The number of carbonyl (C=O) groups excluding carboxylic acids is 3. The second-order valence-corrected chi connectivity index (χ2v) is 10.4. The number of amides is 3. The van der Waals surface area contributed by atoms with E-state index in [1.165, 1.54) is 11.0 Å². The van der Waals surface area contributed by atoms with Crippen LogP contribution in [0.1, 0.15) is 27.9 Å². The number of rotatable bonds is 21. The molecule has 2 rings (SSSR count). The first-order valence-corrected chi connectivity index (χ1v) is 14.5. The van der Waals surface area contributed by atoms with Crippen molar-refractivity contribution in [2.24, 2.45) is 5.73 Å². The van der Waals surface area contributed by atoms with Gasteiger partial charge in [-0.2, -0.15) is 0 Å². The number of nitrogens with one attached hydrogen (secondary N) is 4. The number of nitrogens with zero attached hydrogens (tertiary/aromatic N) is 2. The van der Waals surface area contributed by atoms with Crippen LogP contribution < -0.4 is 27.2 Å². The zero-order valence-electron chi connectivity index (χ0n) is 25.3. The molecule has 0 aromatic heterocycles. The molecule has 0 unspecified atom stereocenters. The molecule has 46 heavy (non-hydrogen) atoms. The van der Waals surface area contributed by atoms with Gasteiger partial charge in [-0.05, 0) is 36.1 Å². The number of carboxylic acids is 3. The van der Waals surface area contributed by atoms with Gasteiger partial charge in [0.2, 0.25) is 5.91 Å². The minimum absolute atomic E-state index is 0.0381. The molecule has 9 N–H and O–H groups in total. The molecular weight excluding hydrogens is 602 g/mol. The molecule has 0 heterocycles. The fraction of sp³-hybridized carbons (Fsp3) is 0.400. The predicted molar refractivity (Wildman–Crippen MR) is 165 cm³/mol. The van der Waals surface area contributed by atoms with Gasteiger partial charge in [0.25, 0.3) is 11.8 Å². The first-order chi connectivity index (χ1) is 21.9. The summed E-state index contributed by atoms with van der Waals surface area (Å²) in [5, 5.41) is 32.4. The Hall–Kier alpha value is -4.90. The molecule has 0 aliphatic carbocycles. The van der Waals surface area contributed by atoms with Crippen molar-refractivity contribution in [1.29, 1.82) is 0 Å². The van der Waals surface area contributed by atoms with Crippen LogP contribution in [0.3, 0.4) is 0 Å². The van der Waals surface area contributed by atoms with Crippen LogP contribution in [0.5, 0.6) is 0 Å². The van der Waals surface area contributed by atoms with Gasteiger partial charge >= 0.3 is 17.9 Å². The molecule has 2 aromatic carbocycles. The number of hydrogen-bond donors (Lipinski definition) is 8. The van der Waals surface area contributed by atoms with Gasteiger partial charge in [0.05, 0.1) is 32.2 Å². The summed E-state index contributed by atoms with van der Waals surface area (Å²) in [6, 6.07) is 15.1. The Morgan fingerprint density at radius 3 is 2.04 bits per heavy atom. The maximum absolute atomic E-state index is 12.8. The largest absolute Gasteiger partial charge is 0.480 e. The molecule has 1 atom stereocenters. The van der Waals surface area contributed by atoms with Crippen LogP contribution in [0.2, 0.25) is 0 Å². The summed E-state index contributed by atoms with van der Waals surface area (Å²) in [6.07, 6.45) is 0.991. The quantitative estimate of drug-likeness (QED) is 0.0569. The highest BCUT2D eigenvalue weighted by Gasteiger charge is 2.18. The number of carboxylic acid groups (broad SMARTS) is 3. The summed E-state index contributed by atoms with van der Waals surface area (Å²) in [7, 11) is 0. The van der Waals surface area contributed by atoms with Crippen molar-refractivity contribution in [3.63, 3.8) is 0 Å². The third kappa shape index (κ3) is 15.7. The summed E-state index contributed by atoms with van der Waals surface area (Å²) in [6.45, 7) is -0.758. The van der Waals surface area contributed by atoms with Gasteiger partial charge in [-0.15, -0.1) is 0 Å².